The molecule has 5 nitrogen and oxygen atoms in total. The number of pyridine rings is 1. The fourth-order valence-electron chi connectivity index (χ4n) is 2.33. The first-order chi connectivity index (χ1) is 10.7. The van der Waals surface area contributed by atoms with Gasteiger partial charge in [0.15, 0.2) is 0 Å². The highest BCUT2D eigenvalue weighted by molar-refractivity contribution is 6.06. The van der Waals surface area contributed by atoms with E-state index < -0.39 is 5.97 Å². The molecule has 0 unspecified atom stereocenters. The monoisotopic (exact) mass is 294 g/mol. The van der Waals surface area contributed by atoms with Gasteiger partial charge >= 0.3 is 5.97 Å². The number of benzene rings is 2. The zero-order valence-corrected chi connectivity index (χ0v) is 11.9. The number of aromatic nitrogens is 1. The first-order valence-corrected chi connectivity index (χ1v) is 6.71. The fraction of sp³-hybridized carbons (Fsp3) is 0.0588. The molecule has 0 spiro atoms. The van der Waals surface area contributed by atoms with E-state index in [0.717, 1.165) is 16.8 Å². The van der Waals surface area contributed by atoms with Gasteiger partial charge in [0.1, 0.15) is 11.6 Å². The summed E-state index contributed by atoms with van der Waals surface area (Å²) in [6, 6.07) is 14.3. The molecule has 0 aliphatic heterocycles. The number of hydrogen-bond donors (Lipinski definition) is 2. The maximum absolute atomic E-state index is 11.3. The first kappa shape index (κ1) is 13.9. The largest absolute Gasteiger partial charge is 0.497 e. The molecule has 0 bridgehead atoms. The van der Waals surface area contributed by atoms with Crippen LogP contribution >= 0.6 is 0 Å². The Morgan fingerprint density at radius 1 is 1.14 bits per heavy atom. The highest BCUT2D eigenvalue weighted by Gasteiger charge is 2.11. The average Bonchev–Trinajstić information content (AvgIpc) is 2.54. The second-order valence-corrected chi connectivity index (χ2v) is 4.72. The average molecular weight is 294 g/mol. The van der Waals surface area contributed by atoms with Crippen LogP contribution < -0.4 is 10.1 Å². The first-order valence-electron chi connectivity index (χ1n) is 6.71. The lowest BCUT2D eigenvalue weighted by Crippen LogP contribution is -2.00. The van der Waals surface area contributed by atoms with Crippen LogP contribution in [0, 0.1) is 0 Å². The Kier molecular flexibility index (Phi) is 3.62. The van der Waals surface area contributed by atoms with Gasteiger partial charge in [-0.2, -0.15) is 0 Å². The number of carboxylic acid groups (broad SMARTS) is 1. The highest BCUT2D eigenvalue weighted by atomic mass is 16.5. The van der Waals surface area contributed by atoms with Crippen molar-refractivity contribution in [3.63, 3.8) is 0 Å². The van der Waals surface area contributed by atoms with E-state index in [2.05, 4.69) is 10.3 Å². The molecule has 110 valence electrons. The standard InChI is InChI=1S/C17H14N2O3/c1-22-12-5-2-4-11(10-12)19-16-14-6-3-7-15(17(20)21)13(14)8-9-18-16/h2-10H,1H3,(H,18,19)(H,20,21). The smallest absolute Gasteiger partial charge is 0.336 e. The molecule has 5 heteroatoms. The number of ether oxygens (including phenoxy) is 1. The molecule has 3 rings (SSSR count). The molecule has 0 amide bonds. The number of carboxylic acids is 1. The number of nitrogens with one attached hydrogen (secondary N) is 1. The van der Waals surface area contributed by atoms with Gasteiger partial charge in [-0.1, -0.05) is 18.2 Å². The van der Waals surface area contributed by atoms with Crippen LogP contribution in [0.25, 0.3) is 10.8 Å². The lowest BCUT2D eigenvalue weighted by molar-refractivity contribution is 0.0699. The highest BCUT2D eigenvalue weighted by Crippen LogP contribution is 2.27. The Morgan fingerprint density at radius 3 is 2.73 bits per heavy atom. The Balaban J connectivity index is 2.07. The molecule has 22 heavy (non-hydrogen) atoms. The second kappa shape index (κ2) is 5.73. The zero-order chi connectivity index (χ0) is 15.5. The van der Waals surface area contributed by atoms with E-state index in [1.54, 1.807) is 31.5 Å². The Morgan fingerprint density at radius 2 is 1.95 bits per heavy atom. The molecule has 0 saturated carbocycles. The molecule has 0 atom stereocenters. The third kappa shape index (κ3) is 2.56. The number of fused-ring (bicyclic) bond motifs is 1. The molecule has 0 radical (unpaired) electrons. The minimum absolute atomic E-state index is 0.258. The van der Waals surface area contributed by atoms with Crippen LogP contribution in [0.15, 0.2) is 54.7 Å². The molecule has 1 heterocycles. The quantitative estimate of drug-likeness (QED) is 0.768. The van der Waals surface area contributed by atoms with E-state index in [1.165, 1.54) is 0 Å². The maximum Gasteiger partial charge on any atom is 0.336 e. The van der Waals surface area contributed by atoms with Gasteiger partial charge in [-0.3, -0.25) is 0 Å². The Labute approximate surface area is 127 Å². The number of methoxy groups -OCH3 is 1. The molecule has 2 aromatic carbocycles. The van der Waals surface area contributed by atoms with Gasteiger partial charge in [-0.25, -0.2) is 9.78 Å². The number of nitrogens with zero attached hydrogens (tertiary/aromatic N) is 1. The van der Waals surface area contributed by atoms with Gasteiger partial charge in [0.25, 0.3) is 0 Å². The minimum Gasteiger partial charge on any atom is -0.497 e. The molecular weight excluding hydrogens is 280 g/mol. The van der Waals surface area contributed by atoms with Gasteiger partial charge in [-0.05, 0) is 24.3 Å². The van der Waals surface area contributed by atoms with E-state index >= 15 is 0 Å². The van der Waals surface area contributed by atoms with Gasteiger partial charge in [0.2, 0.25) is 0 Å². The van der Waals surface area contributed by atoms with E-state index in [4.69, 9.17) is 4.74 Å². The molecular formula is C17H14N2O3. The molecule has 0 aliphatic carbocycles. The van der Waals surface area contributed by atoms with Crippen molar-refractivity contribution in [2.24, 2.45) is 0 Å². The lowest BCUT2D eigenvalue weighted by atomic mass is 10.1. The Bertz CT molecular complexity index is 846. The van der Waals surface area contributed by atoms with Crippen LogP contribution in [0.1, 0.15) is 10.4 Å². The molecule has 0 aliphatic rings. The predicted molar refractivity (Wildman–Crippen MR) is 85.0 cm³/mol. The number of rotatable bonds is 4. The summed E-state index contributed by atoms with van der Waals surface area (Å²) in [4.78, 5) is 15.6. The summed E-state index contributed by atoms with van der Waals surface area (Å²) >= 11 is 0. The van der Waals surface area contributed by atoms with Crippen LogP contribution in [0.4, 0.5) is 11.5 Å². The maximum atomic E-state index is 11.3. The van der Waals surface area contributed by atoms with Crippen LogP contribution in [-0.4, -0.2) is 23.2 Å². The Hall–Kier alpha value is -3.08. The van der Waals surface area contributed by atoms with Crippen LogP contribution in [0.2, 0.25) is 0 Å². The lowest BCUT2D eigenvalue weighted by Gasteiger charge is -2.11. The summed E-state index contributed by atoms with van der Waals surface area (Å²) in [5, 5.41) is 13.9. The SMILES string of the molecule is COc1cccc(Nc2nccc3c(C(=O)O)cccc23)c1. The van der Waals surface area contributed by atoms with Crippen molar-refractivity contribution in [3.8, 4) is 5.75 Å². The summed E-state index contributed by atoms with van der Waals surface area (Å²) in [6.07, 6.45) is 1.59. The summed E-state index contributed by atoms with van der Waals surface area (Å²) in [5.41, 5.74) is 1.08. The van der Waals surface area contributed by atoms with E-state index in [1.807, 2.05) is 30.3 Å². The predicted octanol–water partition coefficient (Wildman–Crippen LogP) is 3.69. The van der Waals surface area contributed by atoms with E-state index in [0.29, 0.717) is 11.2 Å². The van der Waals surface area contributed by atoms with Gasteiger partial charge in [0, 0.05) is 28.7 Å². The van der Waals surface area contributed by atoms with Crippen molar-refractivity contribution in [1.82, 2.24) is 4.98 Å². The van der Waals surface area contributed by atoms with Crippen molar-refractivity contribution in [2.45, 2.75) is 0 Å². The molecule has 1 aromatic heterocycles. The van der Waals surface area contributed by atoms with E-state index in [-0.39, 0.29) is 5.56 Å². The van der Waals surface area contributed by atoms with Gasteiger partial charge in [-0.15, -0.1) is 0 Å². The normalized spacial score (nSPS) is 10.4. The van der Waals surface area contributed by atoms with Crippen molar-refractivity contribution in [2.75, 3.05) is 12.4 Å². The summed E-state index contributed by atoms with van der Waals surface area (Å²) in [7, 11) is 1.61. The second-order valence-electron chi connectivity index (χ2n) is 4.72. The number of anilines is 2. The van der Waals surface area contributed by atoms with Crippen LogP contribution in [0.5, 0.6) is 5.75 Å². The number of aromatic carboxylic acids is 1. The molecule has 3 aromatic rings. The fourth-order valence-corrected chi connectivity index (χ4v) is 2.33. The number of carbonyl (C=O) groups is 1. The van der Waals surface area contributed by atoms with Crippen LogP contribution in [-0.2, 0) is 0 Å². The third-order valence-corrected chi connectivity index (χ3v) is 3.37. The molecule has 0 saturated heterocycles. The summed E-state index contributed by atoms with van der Waals surface area (Å²) in [6.45, 7) is 0. The third-order valence-electron chi connectivity index (χ3n) is 3.37. The zero-order valence-electron chi connectivity index (χ0n) is 11.9. The van der Waals surface area contributed by atoms with Crippen molar-refractivity contribution >= 4 is 28.2 Å². The van der Waals surface area contributed by atoms with Crippen LogP contribution in [0.3, 0.4) is 0 Å². The van der Waals surface area contributed by atoms with Crippen molar-refractivity contribution < 1.29 is 14.6 Å². The van der Waals surface area contributed by atoms with E-state index in [9.17, 15) is 9.90 Å². The summed E-state index contributed by atoms with van der Waals surface area (Å²) in [5.74, 6) is 0.384. The van der Waals surface area contributed by atoms with Crippen molar-refractivity contribution in [1.29, 1.82) is 0 Å². The topological polar surface area (TPSA) is 71.5 Å². The number of hydrogen-bond acceptors (Lipinski definition) is 4. The summed E-state index contributed by atoms with van der Waals surface area (Å²) < 4.78 is 5.19. The minimum atomic E-state index is -0.955. The molecule has 0 fully saturated rings. The molecule has 2 N–H and O–H groups in total. The van der Waals surface area contributed by atoms with Crippen molar-refractivity contribution in [3.05, 3.63) is 60.3 Å². The van der Waals surface area contributed by atoms with Gasteiger partial charge < -0.3 is 15.2 Å². The van der Waals surface area contributed by atoms with Gasteiger partial charge in [0.05, 0.1) is 12.7 Å².